The maximum Gasteiger partial charge on any atom is 0.238 e. The minimum atomic E-state index is -3.66. The first kappa shape index (κ1) is 28.5. The monoisotopic (exact) mass is 574 g/mol. The summed E-state index contributed by atoms with van der Waals surface area (Å²) in [5.74, 6) is 0.734. The molecule has 12 nitrogen and oxygen atoms in total. The zero-order chi connectivity index (χ0) is 28.0. The summed E-state index contributed by atoms with van der Waals surface area (Å²) in [6.07, 6.45) is 2.81. The summed E-state index contributed by atoms with van der Waals surface area (Å²) < 4.78 is 31.1. The number of hydrogen-bond donors (Lipinski definition) is 4. The highest BCUT2D eigenvalue weighted by molar-refractivity contribution is 7.92. The SMILES string of the molecule is COc1cc(NC(=O)CN2CCNCC2)ccc1Nc1ncc(Cl)c(Nc2cccnc2S(=O)(=O)C(C)C)n1. The Labute approximate surface area is 232 Å². The van der Waals surface area contributed by atoms with Gasteiger partial charge in [0.25, 0.3) is 0 Å². The second-order valence-corrected chi connectivity index (χ2v) is 11.9. The Kier molecular flexibility index (Phi) is 9.17. The van der Waals surface area contributed by atoms with E-state index in [-0.39, 0.29) is 33.4 Å². The van der Waals surface area contributed by atoms with Crippen LogP contribution in [-0.2, 0) is 14.6 Å². The predicted molar refractivity (Wildman–Crippen MR) is 151 cm³/mol. The van der Waals surface area contributed by atoms with Crippen LogP contribution in [0.25, 0.3) is 0 Å². The Morgan fingerprint density at radius 1 is 1.15 bits per heavy atom. The Bertz CT molecular complexity index is 1430. The van der Waals surface area contributed by atoms with Crippen LogP contribution in [-0.4, -0.2) is 79.3 Å². The summed E-state index contributed by atoms with van der Waals surface area (Å²) >= 11 is 6.32. The zero-order valence-electron chi connectivity index (χ0n) is 21.9. The molecule has 1 amide bonds. The van der Waals surface area contributed by atoms with E-state index in [0.717, 1.165) is 26.2 Å². The van der Waals surface area contributed by atoms with E-state index in [4.69, 9.17) is 16.3 Å². The number of methoxy groups -OCH3 is 1. The van der Waals surface area contributed by atoms with Crippen molar-refractivity contribution in [3.05, 3.63) is 47.7 Å². The van der Waals surface area contributed by atoms with Gasteiger partial charge in [0, 0.05) is 44.1 Å². The van der Waals surface area contributed by atoms with E-state index in [1.807, 2.05) is 0 Å². The summed E-state index contributed by atoms with van der Waals surface area (Å²) in [4.78, 5) is 27.3. The predicted octanol–water partition coefficient (Wildman–Crippen LogP) is 3.05. The number of pyridine rings is 1. The number of ether oxygens (including phenoxy) is 1. The summed E-state index contributed by atoms with van der Waals surface area (Å²) in [5.41, 5.74) is 1.39. The van der Waals surface area contributed by atoms with Crippen molar-refractivity contribution in [3.63, 3.8) is 0 Å². The molecule has 0 radical (unpaired) electrons. The van der Waals surface area contributed by atoms with Gasteiger partial charge in [0.1, 0.15) is 10.8 Å². The fourth-order valence-electron chi connectivity index (χ4n) is 3.84. The van der Waals surface area contributed by atoms with E-state index >= 15 is 0 Å². The van der Waals surface area contributed by atoms with Crippen LogP contribution >= 0.6 is 11.6 Å². The average Bonchev–Trinajstić information content (AvgIpc) is 2.92. The highest BCUT2D eigenvalue weighted by atomic mass is 35.5. The molecule has 1 aromatic carbocycles. The lowest BCUT2D eigenvalue weighted by Crippen LogP contribution is -2.46. The summed E-state index contributed by atoms with van der Waals surface area (Å²) in [6, 6.07) is 8.38. The van der Waals surface area contributed by atoms with E-state index in [9.17, 15) is 13.2 Å². The Hall–Kier alpha value is -3.52. The number of sulfone groups is 1. The third kappa shape index (κ3) is 7.12. The number of aromatic nitrogens is 3. The molecule has 0 bridgehead atoms. The molecule has 4 rings (SSSR count). The van der Waals surface area contributed by atoms with Crippen molar-refractivity contribution in [1.29, 1.82) is 0 Å². The van der Waals surface area contributed by atoms with Gasteiger partial charge >= 0.3 is 0 Å². The van der Waals surface area contributed by atoms with E-state index < -0.39 is 15.1 Å². The van der Waals surface area contributed by atoms with Crippen molar-refractivity contribution in [1.82, 2.24) is 25.2 Å². The van der Waals surface area contributed by atoms with E-state index in [1.165, 1.54) is 19.5 Å². The first-order chi connectivity index (χ1) is 18.7. The molecule has 39 heavy (non-hydrogen) atoms. The zero-order valence-corrected chi connectivity index (χ0v) is 23.4. The van der Waals surface area contributed by atoms with Gasteiger partial charge in [-0.3, -0.25) is 9.69 Å². The molecule has 1 fully saturated rings. The summed E-state index contributed by atoms with van der Waals surface area (Å²) in [6.45, 7) is 6.88. The smallest absolute Gasteiger partial charge is 0.238 e. The van der Waals surface area contributed by atoms with Gasteiger partial charge in [-0.25, -0.2) is 18.4 Å². The van der Waals surface area contributed by atoms with Gasteiger partial charge < -0.3 is 26.0 Å². The molecule has 1 aliphatic rings. The molecule has 0 saturated carbocycles. The van der Waals surface area contributed by atoms with Crippen LogP contribution in [0.4, 0.5) is 28.8 Å². The first-order valence-corrected chi connectivity index (χ1v) is 14.3. The van der Waals surface area contributed by atoms with Crippen molar-refractivity contribution in [2.24, 2.45) is 0 Å². The number of rotatable bonds is 10. The van der Waals surface area contributed by atoms with E-state index in [0.29, 0.717) is 23.7 Å². The molecule has 2 aromatic heterocycles. The minimum absolute atomic E-state index is 0.0968. The number of anilines is 5. The Morgan fingerprint density at radius 3 is 2.64 bits per heavy atom. The van der Waals surface area contributed by atoms with Gasteiger partial charge in [-0.2, -0.15) is 4.98 Å². The highest BCUT2D eigenvalue weighted by Gasteiger charge is 2.25. The third-order valence-electron chi connectivity index (χ3n) is 5.97. The number of hydrogen-bond acceptors (Lipinski definition) is 11. The second-order valence-electron chi connectivity index (χ2n) is 9.08. The van der Waals surface area contributed by atoms with Crippen molar-refractivity contribution in [2.75, 3.05) is 55.8 Å². The number of halogens is 1. The molecule has 3 aromatic rings. The molecule has 3 heterocycles. The lowest BCUT2D eigenvalue weighted by atomic mass is 10.2. The fourth-order valence-corrected chi connectivity index (χ4v) is 5.06. The number of benzene rings is 1. The minimum Gasteiger partial charge on any atom is -0.494 e. The number of carbonyl (C=O) groups excluding carboxylic acids is 1. The maximum absolute atomic E-state index is 12.8. The molecule has 1 aliphatic heterocycles. The standard InChI is InChI=1S/C25H31ClN8O4S/c1-16(2)39(36,37)24-20(5-4-8-28-24)31-23-18(26)14-29-25(33-23)32-19-7-6-17(13-21(19)38-3)30-22(35)15-34-11-9-27-10-12-34/h4-8,13-14,16,27H,9-12,15H2,1-3H3,(H,30,35)(H2,29,31,32,33). The van der Waals surface area contributed by atoms with Crippen LogP contribution in [0.1, 0.15) is 13.8 Å². The van der Waals surface area contributed by atoms with Crippen LogP contribution in [0.3, 0.4) is 0 Å². The quantitative estimate of drug-likeness (QED) is 0.283. The van der Waals surface area contributed by atoms with Gasteiger partial charge in [0.15, 0.2) is 20.7 Å². The normalized spacial score (nSPS) is 14.2. The molecule has 0 spiro atoms. The van der Waals surface area contributed by atoms with Crippen molar-refractivity contribution in [2.45, 2.75) is 24.1 Å². The van der Waals surface area contributed by atoms with Crippen LogP contribution in [0.5, 0.6) is 5.75 Å². The van der Waals surface area contributed by atoms with E-state index in [2.05, 4.69) is 41.1 Å². The molecular formula is C25H31ClN8O4S. The number of amides is 1. The van der Waals surface area contributed by atoms with Gasteiger partial charge in [-0.1, -0.05) is 11.6 Å². The molecular weight excluding hydrogens is 544 g/mol. The maximum atomic E-state index is 12.8. The van der Waals surface area contributed by atoms with Crippen LogP contribution in [0.15, 0.2) is 47.8 Å². The third-order valence-corrected chi connectivity index (χ3v) is 8.35. The molecule has 0 aliphatic carbocycles. The van der Waals surface area contributed by atoms with E-state index in [1.54, 1.807) is 44.2 Å². The molecule has 208 valence electrons. The lowest BCUT2D eigenvalue weighted by molar-refractivity contribution is -0.117. The molecule has 1 saturated heterocycles. The number of nitrogens with one attached hydrogen (secondary N) is 4. The Morgan fingerprint density at radius 2 is 1.92 bits per heavy atom. The van der Waals surface area contributed by atoms with Crippen molar-refractivity contribution in [3.8, 4) is 5.75 Å². The highest BCUT2D eigenvalue weighted by Crippen LogP contribution is 2.32. The fraction of sp³-hybridized carbons (Fsp3) is 0.360. The van der Waals surface area contributed by atoms with Gasteiger partial charge in [0.2, 0.25) is 11.9 Å². The molecule has 4 N–H and O–H groups in total. The summed E-state index contributed by atoms with van der Waals surface area (Å²) in [5, 5.41) is 11.6. The summed E-state index contributed by atoms with van der Waals surface area (Å²) in [7, 11) is -2.14. The first-order valence-electron chi connectivity index (χ1n) is 12.3. The van der Waals surface area contributed by atoms with Crippen LogP contribution < -0.4 is 26.0 Å². The van der Waals surface area contributed by atoms with Crippen molar-refractivity contribution < 1.29 is 17.9 Å². The lowest BCUT2D eigenvalue weighted by Gasteiger charge is -2.26. The van der Waals surface area contributed by atoms with Crippen molar-refractivity contribution >= 4 is 56.2 Å². The van der Waals surface area contributed by atoms with Gasteiger partial charge in [-0.15, -0.1) is 0 Å². The number of piperazine rings is 1. The van der Waals surface area contributed by atoms with Gasteiger partial charge in [0.05, 0.1) is 36.5 Å². The van der Waals surface area contributed by atoms with Crippen LogP contribution in [0, 0.1) is 0 Å². The number of nitrogens with zero attached hydrogens (tertiary/aromatic N) is 4. The average molecular weight is 575 g/mol. The second kappa shape index (κ2) is 12.6. The molecule has 0 unspecified atom stereocenters. The molecule has 0 atom stereocenters. The Balaban J connectivity index is 1.50. The molecule has 14 heteroatoms. The largest absolute Gasteiger partial charge is 0.494 e. The van der Waals surface area contributed by atoms with Gasteiger partial charge in [-0.05, 0) is 38.1 Å². The topological polar surface area (TPSA) is 150 Å². The number of carbonyl (C=O) groups is 1. The van der Waals surface area contributed by atoms with Crippen LogP contribution in [0.2, 0.25) is 5.02 Å².